The Balaban J connectivity index is 2.52. The zero-order chi connectivity index (χ0) is 15.2. The van der Waals surface area contributed by atoms with E-state index in [1.54, 1.807) is 18.4 Å². The fourth-order valence-corrected chi connectivity index (χ4v) is 2.89. The van der Waals surface area contributed by atoms with Gasteiger partial charge < -0.3 is 5.32 Å². The first kappa shape index (κ1) is 16.6. The first-order valence-electron chi connectivity index (χ1n) is 5.98. The van der Waals surface area contributed by atoms with Crippen LogP contribution < -0.4 is 10.0 Å². The fourth-order valence-electron chi connectivity index (χ4n) is 1.41. The fraction of sp³-hybridized carbons (Fsp3) is 0.417. The van der Waals surface area contributed by atoms with Crippen molar-refractivity contribution in [3.63, 3.8) is 0 Å². The van der Waals surface area contributed by atoms with Crippen molar-refractivity contribution in [2.45, 2.75) is 18.2 Å². The minimum absolute atomic E-state index is 0.0351. The molecule has 1 unspecified atom stereocenters. The molecule has 1 atom stereocenters. The number of aryl methyl sites for hydroxylation is 1. The molecular formula is C12H18N2O4S2. The molecule has 1 rings (SSSR count). The van der Waals surface area contributed by atoms with E-state index in [1.165, 1.54) is 12.1 Å². The van der Waals surface area contributed by atoms with Crippen LogP contribution in [0.15, 0.2) is 29.2 Å². The third kappa shape index (κ3) is 5.70. The highest BCUT2D eigenvalue weighted by Crippen LogP contribution is 2.09. The molecule has 112 valence electrons. The lowest BCUT2D eigenvalue weighted by Gasteiger charge is -2.08. The summed E-state index contributed by atoms with van der Waals surface area (Å²) in [4.78, 5) is 11.5. The third-order valence-electron chi connectivity index (χ3n) is 2.45. The van der Waals surface area contributed by atoms with Crippen molar-refractivity contribution >= 4 is 26.9 Å². The molecule has 0 aromatic heterocycles. The Morgan fingerprint density at radius 1 is 1.25 bits per heavy atom. The number of nitrogens with one attached hydrogen (secondary N) is 2. The molecule has 0 saturated heterocycles. The van der Waals surface area contributed by atoms with Crippen LogP contribution in [-0.2, 0) is 20.8 Å². The maximum Gasteiger partial charge on any atom is 0.328 e. The molecule has 0 aliphatic heterocycles. The number of rotatable bonds is 6. The molecule has 0 radical (unpaired) electrons. The average molecular weight is 318 g/mol. The second-order valence-corrected chi connectivity index (χ2v) is 7.54. The molecule has 8 heteroatoms. The van der Waals surface area contributed by atoms with Gasteiger partial charge in [0.05, 0.1) is 4.90 Å². The molecular weight excluding hydrogens is 300 g/mol. The number of benzene rings is 1. The summed E-state index contributed by atoms with van der Waals surface area (Å²) in [6.07, 6.45) is 2.10. The minimum atomic E-state index is -3.85. The van der Waals surface area contributed by atoms with E-state index in [9.17, 15) is 17.4 Å². The largest absolute Gasteiger partial charge is 0.337 e. The van der Waals surface area contributed by atoms with Gasteiger partial charge in [0.15, 0.2) is 0 Å². The first-order chi connectivity index (χ1) is 9.31. The van der Waals surface area contributed by atoms with Crippen molar-refractivity contribution in [2.75, 3.05) is 18.6 Å². The molecule has 2 N–H and O–H groups in total. The Morgan fingerprint density at radius 3 is 2.40 bits per heavy atom. The van der Waals surface area contributed by atoms with E-state index in [-0.39, 0.29) is 11.4 Å². The highest BCUT2D eigenvalue weighted by atomic mass is 32.2. The van der Waals surface area contributed by atoms with Gasteiger partial charge in [0, 0.05) is 29.4 Å². The van der Waals surface area contributed by atoms with Gasteiger partial charge in [0.2, 0.25) is 0 Å². The molecule has 1 aromatic rings. The van der Waals surface area contributed by atoms with E-state index < -0.39 is 26.9 Å². The molecule has 2 amide bonds. The Bertz CT molecular complexity index is 582. The van der Waals surface area contributed by atoms with Gasteiger partial charge in [-0.25, -0.2) is 17.9 Å². The standard InChI is InChI=1S/C12H18N2O4S2/c1-10-4-6-11(7-5-10)20(17,18)14-12(15)13-8-3-9-19(2)16/h4-7H,3,8-9H2,1-2H3,(H2,13,14,15). The predicted octanol–water partition coefficient (Wildman–Crippen LogP) is 0.752. The summed E-state index contributed by atoms with van der Waals surface area (Å²) < 4.78 is 36.5. The van der Waals surface area contributed by atoms with Crippen molar-refractivity contribution in [1.29, 1.82) is 0 Å². The summed E-state index contributed by atoms with van der Waals surface area (Å²) in [6.45, 7) is 2.11. The second-order valence-electron chi connectivity index (χ2n) is 4.31. The van der Waals surface area contributed by atoms with Crippen LogP contribution in [0.4, 0.5) is 4.79 Å². The van der Waals surface area contributed by atoms with E-state index in [0.29, 0.717) is 12.2 Å². The molecule has 0 bridgehead atoms. The smallest absolute Gasteiger partial charge is 0.328 e. The summed E-state index contributed by atoms with van der Waals surface area (Å²) in [7, 11) is -4.77. The molecule has 0 saturated carbocycles. The van der Waals surface area contributed by atoms with Crippen LogP contribution in [0.5, 0.6) is 0 Å². The monoisotopic (exact) mass is 318 g/mol. The van der Waals surface area contributed by atoms with Crippen LogP contribution in [-0.4, -0.2) is 37.2 Å². The number of hydrogen-bond donors (Lipinski definition) is 2. The Labute approximate surface area is 121 Å². The Hall–Kier alpha value is -1.41. The lowest BCUT2D eigenvalue weighted by Crippen LogP contribution is -2.40. The maximum atomic E-state index is 11.9. The molecule has 0 spiro atoms. The average Bonchev–Trinajstić information content (AvgIpc) is 2.34. The maximum absolute atomic E-state index is 11.9. The second kappa shape index (κ2) is 7.39. The molecule has 1 aromatic carbocycles. The van der Waals surface area contributed by atoms with Crippen LogP contribution in [0, 0.1) is 6.92 Å². The summed E-state index contributed by atoms with van der Waals surface area (Å²) in [5, 5.41) is 2.41. The van der Waals surface area contributed by atoms with Gasteiger partial charge in [-0.05, 0) is 25.5 Å². The van der Waals surface area contributed by atoms with Gasteiger partial charge in [-0.15, -0.1) is 0 Å². The van der Waals surface area contributed by atoms with Gasteiger partial charge >= 0.3 is 6.03 Å². The van der Waals surface area contributed by atoms with E-state index in [2.05, 4.69) is 5.32 Å². The zero-order valence-electron chi connectivity index (χ0n) is 11.4. The van der Waals surface area contributed by atoms with Crippen LogP contribution in [0.1, 0.15) is 12.0 Å². The number of hydrogen-bond acceptors (Lipinski definition) is 4. The number of carbonyl (C=O) groups is 1. The van der Waals surface area contributed by atoms with Gasteiger partial charge in [0.25, 0.3) is 10.0 Å². The van der Waals surface area contributed by atoms with Gasteiger partial charge in [0.1, 0.15) is 0 Å². The molecule has 20 heavy (non-hydrogen) atoms. The number of amides is 2. The van der Waals surface area contributed by atoms with Crippen LogP contribution in [0.25, 0.3) is 0 Å². The van der Waals surface area contributed by atoms with E-state index in [4.69, 9.17) is 0 Å². The molecule has 0 fully saturated rings. The molecule has 0 aliphatic rings. The SMILES string of the molecule is Cc1ccc(S(=O)(=O)NC(=O)NCCCS(C)=O)cc1. The van der Waals surface area contributed by atoms with Crippen molar-refractivity contribution in [3.8, 4) is 0 Å². The number of urea groups is 1. The molecule has 0 aliphatic carbocycles. The highest BCUT2D eigenvalue weighted by Gasteiger charge is 2.16. The quantitative estimate of drug-likeness (QED) is 0.757. The van der Waals surface area contributed by atoms with Crippen LogP contribution in [0.2, 0.25) is 0 Å². The normalized spacial score (nSPS) is 12.7. The molecule has 6 nitrogen and oxygen atoms in total. The van der Waals surface area contributed by atoms with Gasteiger partial charge in [-0.1, -0.05) is 17.7 Å². The Kier molecular flexibility index (Phi) is 6.15. The zero-order valence-corrected chi connectivity index (χ0v) is 13.0. The van der Waals surface area contributed by atoms with Gasteiger partial charge in [-0.2, -0.15) is 0 Å². The number of carbonyl (C=O) groups excluding carboxylic acids is 1. The summed E-state index contributed by atoms with van der Waals surface area (Å²) in [5.41, 5.74) is 0.931. The predicted molar refractivity (Wildman–Crippen MR) is 78.4 cm³/mol. The topological polar surface area (TPSA) is 92.3 Å². The lowest BCUT2D eigenvalue weighted by molar-refractivity contribution is 0.246. The van der Waals surface area contributed by atoms with Crippen molar-refractivity contribution in [1.82, 2.24) is 10.0 Å². The minimum Gasteiger partial charge on any atom is -0.337 e. The van der Waals surface area contributed by atoms with Crippen molar-refractivity contribution in [3.05, 3.63) is 29.8 Å². The summed E-state index contributed by atoms with van der Waals surface area (Å²) >= 11 is 0. The summed E-state index contributed by atoms with van der Waals surface area (Å²) in [6, 6.07) is 5.40. The van der Waals surface area contributed by atoms with Crippen molar-refractivity contribution < 1.29 is 17.4 Å². The van der Waals surface area contributed by atoms with Gasteiger partial charge in [-0.3, -0.25) is 4.21 Å². The number of sulfonamides is 1. The van der Waals surface area contributed by atoms with E-state index >= 15 is 0 Å². The first-order valence-corrected chi connectivity index (χ1v) is 9.19. The van der Waals surface area contributed by atoms with Crippen LogP contribution in [0.3, 0.4) is 0 Å². The highest BCUT2D eigenvalue weighted by molar-refractivity contribution is 7.90. The van der Waals surface area contributed by atoms with Crippen LogP contribution >= 0.6 is 0 Å². The lowest BCUT2D eigenvalue weighted by atomic mass is 10.2. The summed E-state index contributed by atoms with van der Waals surface area (Å²) in [5.74, 6) is 0.463. The van der Waals surface area contributed by atoms with E-state index in [0.717, 1.165) is 5.56 Å². The Morgan fingerprint density at radius 2 is 1.85 bits per heavy atom. The van der Waals surface area contributed by atoms with E-state index in [1.807, 2.05) is 11.6 Å². The molecule has 0 heterocycles. The van der Waals surface area contributed by atoms with Crippen molar-refractivity contribution in [2.24, 2.45) is 0 Å². The third-order valence-corrected chi connectivity index (χ3v) is 4.66.